The van der Waals surface area contributed by atoms with Gasteiger partial charge in [0, 0.05) is 38.9 Å². The summed E-state index contributed by atoms with van der Waals surface area (Å²) >= 11 is 0. The number of amides is 1. The molecule has 0 aliphatic carbocycles. The van der Waals surface area contributed by atoms with Crippen LogP contribution >= 0.6 is 0 Å². The zero-order valence-electron chi connectivity index (χ0n) is 14.5. The Labute approximate surface area is 149 Å². The molecule has 1 N–H and O–H groups in total. The van der Waals surface area contributed by atoms with E-state index in [1.54, 1.807) is 30.1 Å². The highest BCUT2D eigenvalue weighted by Gasteiger charge is 2.30. The number of nitrogens with zero attached hydrogens (tertiary/aromatic N) is 3. The lowest BCUT2D eigenvalue weighted by molar-refractivity contribution is -0.137. The van der Waals surface area contributed by atoms with Gasteiger partial charge in [-0.05, 0) is 30.5 Å². The van der Waals surface area contributed by atoms with Gasteiger partial charge in [-0.3, -0.25) is 14.4 Å². The number of piperidine rings is 1. The van der Waals surface area contributed by atoms with Crippen molar-refractivity contribution in [2.45, 2.75) is 31.6 Å². The third-order valence-corrected chi connectivity index (χ3v) is 4.53. The Morgan fingerprint density at radius 2 is 2.00 bits per heavy atom. The lowest BCUT2D eigenvalue weighted by Gasteiger charge is -2.32. The maximum absolute atomic E-state index is 12.8. The minimum atomic E-state index is -4.32. The van der Waals surface area contributed by atoms with Gasteiger partial charge in [-0.25, -0.2) is 0 Å². The Morgan fingerprint density at radius 3 is 2.62 bits per heavy atom. The van der Waals surface area contributed by atoms with Crippen molar-refractivity contribution < 1.29 is 18.0 Å². The molecule has 2 aromatic rings. The number of hydrogen-bond donors (Lipinski definition) is 1. The number of benzene rings is 1. The number of alkyl halides is 3. The summed E-state index contributed by atoms with van der Waals surface area (Å²) in [5.41, 5.74) is 0.419. The first-order valence-electron chi connectivity index (χ1n) is 8.50. The molecule has 0 atom stereocenters. The molecule has 0 bridgehead atoms. The van der Waals surface area contributed by atoms with Crippen molar-refractivity contribution in [2.75, 3.05) is 13.1 Å². The number of halogens is 3. The predicted molar refractivity (Wildman–Crippen MR) is 90.4 cm³/mol. The van der Waals surface area contributed by atoms with Crippen molar-refractivity contribution in [2.24, 2.45) is 7.05 Å². The summed E-state index contributed by atoms with van der Waals surface area (Å²) in [5.74, 6) is -0.193. The molecule has 26 heavy (non-hydrogen) atoms. The largest absolute Gasteiger partial charge is 0.416 e. The number of aromatic nitrogens is 2. The number of carbonyl (C=O) groups is 1. The third kappa shape index (κ3) is 4.63. The molecular weight excluding hydrogens is 345 g/mol. The molecule has 1 aliphatic heterocycles. The first kappa shape index (κ1) is 18.4. The fraction of sp³-hybridized carbons (Fsp3) is 0.444. The Balaban J connectivity index is 1.50. The summed E-state index contributed by atoms with van der Waals surface area (Å²) in [6.45, 7) is 1.93. The van der Waals surface area contributed by atoms with E-state index in [0.717, 1.165) is 32.0 Å². The van der Waals surface area contributed by atoms with Gasteiger partial charge in [-0.1, -0.05) is 18.2 Å². The number of aryl methyl sites for hydroxylation is 1. The fourth-order valence-electron chi connectivity index (χ4n) is 3.14. The smallest absolute Gasteiger partial charge is 0.348 e. The summed E-state index contributed by atoms with van der Waals surface area (Å²) in [5, 5.41) is 7.05. The molecule has 1 aliphatic rings. The first-order valence-corrected chi connectivity index (χ1v) is 8.50. The minimum absolute atomic E-state index is 0.0577. The highest BCUT2D eigenvalue weighted by molar-refractivity contribution is 5.92. The molecule has 140 valence electrons. The predicted octanol–water partition coefficient (Wildman–Crippen LogP) is 2.83. The highest BCUT2D eigenvalue weighted by atomic mass is 19.4. The van der Waals surface area contributed by atoms with Crippen LogP contribution in [0.2, 0.25) is 0 Å². The zero-order valence-corrected chi connectivity index (χ0v) is 14.5. The molecule has 5 nitrogen and oxygen atoms in total. The van der Waals surface area contributed by atoms with Crippen LogP contribution in [0.5, 0.6) is 0 Å². The molecule has 2 heterocycles. The second-order valence-corrected chi connectivity index (χ2v) is 6.60. The van der Waals surface area contributed by atoms with Gasteiger partial charge in [0.05, 0.1) is 5.56 Å². The van der Waals surface area contributed by atoms with E-state index in [9.17, 15) is 18.0 Å². The van der Waals surface area contributed by atoms with Gasteiger partial charge < -0.3 is 5.32 Å². The Hall–Kier alpha value is -2.35. The van der Waals surface area contributed by atoms with Crippen molar-refractivity contribution in [3.05, 3.63) is 53.3 Å². The molecule has 0 saturated carbocycles. The quantitative estimate of drug-likeness (QED) is 0.905. The second kappa shape index (κ2) is 7.49. The van der Waals surface area contributed by atoms with E-state index in [1.165, 1.54) is 12.1 Å². The highest BCUT2D eigenvalue weighted by Crippen LogP contribution is 2.30. The average molecular weight is 366 g/mol. The van der Waals surface area contributed by atoms with Crippen molar-refractivity contribution in [3.63, 3.8) is 0 Å². The maximum Gasteiger partial charge on any atom is 0.416 e. The van der Waals surface area contributed by atoms with Crippen LogP contribution in [0.25, 0.3) is 0 Å². The van der Waals surface area contributed by atoms with E-state index in [4.69, 9.17) is 0 Å². The topological polar surface area (TPSA) is 50.2 Å². The van der Waals surface area contributed by atoms with Gasteiger partial charge in [-0.15, -0.1) is 0 Å². The van der Waals surface area contributed by atoms with Crippen LogP contribution in [-0.2, 0) is 19.8 Å². The number of carbonyl (C=O) groups excluding carboxylic acids is 1. The molecule has 8 heteroatoms. The van der Waals surface area contributed by atoms with E-state index in [-0.39, 0.29) is 11.9 Å². The lowest BCUT2D eigenvalue weighted by Crippen LogP contribution is -2.44. The van der Waals surface area contributed by atoms with Gasteiger partial charge in [0.1, 0.15) is 5.69 Å². The van der Waals surface area contributed by atoms with Crippen molar-refractivity contribution in [3.8, 4) is 0 Å². The summed E-state index contributed by atoms with van der Waals surface area (Å²) in [6.07, 6.45) is -1.08. The van der Waals surface area contributed by atoms with Crippen LogP contribution in [0.4, 0.5) is 13.2 Å². The van der Waals surface area contributed by atoms with Crippen LogP contribution < -0.4 is 5.32 Å². The number of likely N-dealkylation sites (tertiary alicyclic amines) is 1. The summed E-state index contributed by atoms with van der Waals surface area (Å²) in [4.78, 5) is 14.2. The molecule has 1 aromatic heterocycles. The van der Waals surface area contributed by atoms with Crippen molar-refractivity contribution >= 4 is 5.91 Å². The van der Waals surface area contributed by atoms with Gasteiger partial charge in [0.2, 0.25) is 0 Å². The number of nitrogens with one attached hydrogen (secondary N) is 1. The molecule has 0 radical (unpaired) electrons. The Bertz CT molecular complexity index is 764. The van der Waals surface area contributed by atoms with Gasteiger partial charge in [0.25, 0.3) is 5.91 Å². The Kier molecular flexibility index (Phi) is 5.31. The van der Waals surface area contributed by atoms with E-state index in [1.807, 2.05) is 0 Å². The molecule has 1 saturated heterocycles. The number of hydrogen-bond acceptors (Lipinski definition) is 3. The standard InChI is InChI=1S/C18H21F3N4O/c1-24-8-7-16(23-24)17(26)22-15-5-9-25(10-6-15)12-13-3-2-4-14(11-13)18(19,20)21/h2-4,7-8,11,15H,5-6,9-10,12H2,1H3,(H,22,26). The SMILES string of the molecule is Cn1ccc(C(=O)NC2CCN(Cc3cccc(C(F)(F)F)c3)CC2)n1. The first-order chi connectivity index (χ1) is 12.3. The van der Waals surface area contributed by atoms with E-state index in [2.05, 4.69) is 15.3 Å². The number of rotatable bonds is 4. The summed E-state index contributed by atoms with van der Waals surface area (Å²) in [7, 11) is 1.75. The molecule has 0 unspecified atom stereocenters. The van der Waals surface area contributed by atoms with Crippen molar-refractivity contribution in [1.29, 1.82) is 0 Å². The minimum Gasteiger partial charge on any atom is -0.348 e. The second-order valence-electron chi connectivity index (χ2n) is 6.60. The van der Waals surface area contributed by atoms with E-state index in [0.29, 0.717) is 17.8 Å². The van der Waals surface area contributed by atoms with Crippen LogP contribution in [0.15, 0.2) is 36.5 Å². The van der Waals surface area contributed by atoms with Gasteiger partial charge >= 0.3 is 6.18 Å². The summed E-state index contributed by atoms with van der Waals surface area (Å²) in [6, 6.07) is 7.17. The van der Waals surface area contributed by atoms with E-state index < -0.39 is 11.7 Å². The molecule has 1 amide bonds. The van der Waals surface area contributed by atoms with Crippen LogP contribution in [0.3, 0.4) is 0 Å². The molecule has 1 aromatic carbocycles. The zero-order chi connectivity index (χ0) is 18.7. The normalized spacial score (nSPS) is 16.6. The maximum atomic E-state index is 12.8. The van der Waals surface area contributed by atoms with Crippen LogP contribution in [-0.4, -0.2) is 39.7 Å². The fourth-order valence-corrected chi connectivity index (χ4v) is 3.14. The van der Waals surface area contributed by atoms with E-state index >= 15 is 0 Å². The Morgan fingerprint density at radius 1 is 1.27 bits per heavy atom. The third-order valence-electron chi connectivity index (χ3n) is 4.53. The molecule has 3 rings (SSSR count). The van der Waals surface area contributed by atoms with Crippen molar-refractivity contribution in [1.82, 2.24) is 20.0 Å². The summed E-state index contributed by atoms with van der Waals surface area (Å²) < 4.78 is 40.0. The average Bonchev–Trinajstić information content (AvgIpc) is 3.03. The lowest BCUT2D eigenvalue weighted by atomic mass is 10.0. The van der Waals surface area contributed by atoms with Gasteiger partial charge in [-0.2, -0.15) is 18.3 Å². The molecule has 1 fully saturated rings. The molecule has 0 spiro atoms. The van der Waals surface area contributed by atoms with Crippen LogP contribution in [0, 0.1) is 0 Å². The molecular formula is C18H21F3N4O. The van der Waals surface area contributed by atoms with Crippen LogP contribution in [0.1, 0.15) is 34.5 Å². The van der Waals surface area contributed by atoms with Gasteiger partial charge in [0.15, 0.2) is 0 Å². The monoisotopic (exact) mass is 366 g/mol.